The summed E-state index contributed by atoms with van der Waals surface area (Å²) < 4.78 is 0.817. The molecule has 1 unspecified atom stereocenters. The normalized spacial score (nSPS) is 16.0. The summed E-state index contributed by atoms with van der Waals surface area (Å²) in [6.07, 6.45) is 0.158. The highest BCUT2D eigenvalue weighted by Crippen LogP contribution is 2.31. The van der Waals surface area contributed by atoms with Gasteiger partial charge in [0.05, 0.1) is 11.6 Å². The molecule has 1 heterocycles. The van der Waals surface area contributed by atoms with Gasteiger partial charge in [-0.05, 0) is 60.1 Å². The average Bonchev–Trinajstić information content (AvgIpc) is 3.11. The fourth-order valence-corrected chi connectivity index (χ4v) is 3.95. The SMILES string of the molecule is CCN(CC)C(=O)c1cccc(NC(=O)C2CC(=O)N(c3ccccc3Br)C2)c1. The number of nitrogens with one attached hydrogen (secondary N) is 1. The Morgan fingerprint density at radius 3 is 2.55 bits per heavy atom. The number of anilines is 2. The molecule has 3 amide bonds. The maximum absolute atomic E-state index is 12.8. The number of amides is 3. The van der Waals surface area contributed by atoms with Crippen LogP contribution in [-0.4, -0.2) is 42.3 Å². The first-order chi connectivity index (χ1) is 13.9. The van der Waals surface area contributed by atoms with Crippen molar-refractivity contribution in [1.82, 2.24) is 4.90 Å². The maximum Gasteiger partial charge on any atom is 0.253 e. The van der Waals surface area contributed by atoms with Gasteiger partial charge in [-0.3, -0.25) is 14.4 Å². The molecule has 1 N–H and O–H groups in total. The topological polar surface area (TPSA) is 69.7 Å². The molecule has 3 rings (SSSR count). The molecule has 0 aliphatic carbocycles. The molecular formula is C22H24BrN3O3. The van der Waals surface area contributed by atoms with Crippen molar-refractivity contribution in [2.75, 3.05) is 29.9 Å². The van der Waals surface area contributed by atoms with Crippen LogP contribution in [0.4, 0.5) is 11.4 Å². The average molecular weight is 458 g/mol. The van der Waals surface area contributed by atoms with E-state index in [9.17, 15) is 14.4 Å². The zero-order valence-electron chi connectivity index (χ0n) is 16.5. The van der Waals surface area contributed by atoms with Crippen LogP contribution in [0.2, 0.25) is 0 Å². The highest BCUT2D eigenvalue weighted by atomic mass is 79.9. The van der Waals surface area contributed by atoms with E-state index in [-0.39, 0.29) is 24.1 Å². The third kappa shape index (κ3) is 4.67. The molecule has 1 aliphatic heterocycles. The number of carbonyl (C=O) groups excluding carboxylic acids is 3. The second kappa shape index (κ2) is 9.22. The van der Waals surface area contributed by atoms with Crippen molar-refractivity contribution < 1.29 is 14.4 Å². The van der Waals surface area contributed by atoms with Gasteiger partial charge in [0.2, 0.25) is 11.8 Å². The number of nitrogens with zero attached hydrogens (tertiary/aromatic N) is 2. The van der Waals surface area contributed by atoms with Crippen LogP contribution in [0.3, 0.4) is 0 Å². The predicted molar refractivity (Wildman–Crippen MR) is 117 cm³/mol. The first-order valence-corrected chi connectivity index (χ1v) is 10.5. The lowest BCUT2D eigenvalue weighted by atomic mass is 10.1. The Bertz CT molecular complexity index is 927. The van der Waals surface area contributed by atoms with Crippen LogP contribution in [0.5, 0.6) is 0 Å². The van der Waals surface area contributed by atoms with Gasteiger partial charge in [-0.2, -0.15) is 0 Å². The molecule has 7 heteroatoms. The van der Waals surface area contributed by atoms with Gasteiger partial charge < -0.3 is 15.1 Å². The summed E-state index contributed by atoms with van der Waals surface area (Å²) in [5.41, 5.74) is 1.85. The molecule has 0 saturated carbocycles. The van der Waals surface area contributed by atoms with Gasteiger partial charge in [-0.25, -0.2) is 0 Å². The predicted octanol–water partition coefficient (Wildman–Crippen LogP) is 3.92. The Labute approximate surface area is 179 Å². The zero-order chi connectivity index (χ0) is 21.0. The van der Waals surface area contributed by atoms with Crippen LogP contribution in [-0.2, 0) is 9.59 Å². The molecule has 0 aromatic heterocycles. The van der Waals surface area contributed by atoms with Crippen LogP contribution < -0.4 is 10.2 Å². The van der Waals surface area contributed by atoms with Crippen LogP contribution in [0.25, 0.3) is 0 Å². The summed E-state index contributed by atoms with van der Waals surface area (Å²) in [5.74, 6) is -0.818. The third-order valence-corrected chi connectivity index (χ3v) is 5.74. The molecule has 1 atom stereocenters. The maximum atomic E-state index is 12.8. The Hall–Kier alpha value is -2.67. The van der Waals surface area contributed by atoms with Gasteiger partial charge in [0, 0.05) is 41.8 Å². The Kier molecular flexibility index (Phi) is 6.69. The fraction of sp³-hybridized carbons (Fsp3) is 0.318. The quantitative estimate of drug-likeness (QED) is 0.714. The smallest absolute Gasteiger partial charge is 0.253 e. The van der Waals surface area contributed by atoms with E-state index in [2.05, 4.69) is 21.2 Å². The van der Waals surface area contributed by atoms with Gasteiger partial charge in [-0.1, -0.05) is 18.2 Å². The summed E-state index contributed by atoms with van der Waals surface area (Å²) in [7, 11) is 0. The zero-order valence-corrected chi connectivity index (χ0v) is 18.1. The number of benzene rings is 2. The van der Waals surface area contributed by atoms with Gasteiger partial charge in [-0.15, -0.1) is 0 Å². The van der Waals surface area contributed by atoms with E-state index >= 15 is 0 Å². The van der Waals surface area contributed by atoms with Gasteiger partial charge in [0.15, 0.2) is 0 Å². The number of para-hydroxylation sites is 1. The lowest BCUT2D eigenvalue weighted by Gasteiger charge is -2.19. The standard InChI is InChI=1S/C22H24BrN3O3/c1-3-25(4-2)22(29)15-8-7-9-17(12-15)24-21(28)16-13-20(27)26(14-16)19-11-6-5-10-18(19)23/h5-12,16H,3-4,13-14H2,1-2H3,(H,24,28). The van der Waals surface area contributed by atoms with Crippen LogP contribution >= 0.6 is 15.9 Å². The van der Waals surface area contributed by atoms with Crippen LogP contribution in [0, 0.1) is 5.92 Å². The van der Waals surface area contributed by atoms with Crippen LogP contribution in [0.1, 0.15) is 30.6 Å². The van der Waals surface area contributed by atoms with E-state index in [1.165, 1.54) is 0 Å². The summed E-state index contributed by atoms with van der Waals surface area (Å²) >= 11 is 3.46. The molecule has 0 spiro atoms. The Balaban J connectivity index is 1.70. The van der Waals surface area contributed by atoms with E-state index in [4.69, 9.17) is 0 Å². The molecule has 0 bridgehead atoms. The first kappa shape index (κ1) is 21.0. The van der Waals surface area contributed by atoms with Gasteiger partial charge in [0.1, 0.15) is 0 Å². The molecule has 0 radical (unpaired) electrons. The van der Waals surface area contributed by atoms with Crippen molar-refractivity contribution in [3.8, 4) is 0 Å². The molecule has 2 aromatic rings. The van der Waals surface area contributed by atoms with Gasteiger partial charge in [0.25, 0.3) is 5.91 Å². The largest absolute Gasteiger partial charge is 0.339 e. The second-order valence-corrected chi connectivity index (χ2v) is 7.76. The minimum Gasteiger partial charge on any atom is -0.339 e. The molecule has 6 nitrogen and oxygen atoms in total. The van der Waals surface area contributed by atoms with Crippen molar-refractivity contribution in [3.63, 3.8) is 0 Å². The Morgan fingerprint density at radius 1 is 1.14 bits per heavy atom. The van der Waals surface area contributed by atoms with E-state index in [1.807, 2.05) is 38.1 Å². The molecule has 1 aliphatic rings. The summed E-state index contributed by atoms with van der Waals surface area (Å²) in [6, 6.07) is 14.4. The lowest BCUT2D eigenvalue weighted by Crippen LogP contribution is -2.30. The molecule has 1 saturated heterocycles. The molecule has 29 heavy (non-hydrogen) atoms. The van der Waals surface area contributed by atoms with Crippen molar-refractivity contribution in [1.29, 1.82) is 0 Å². The van der Waals surface area contributed by atoms with E-state index < -0.39 is 5.92 Å². The number of carbonyl (C=O) groups is 3. The van der Waals surface area contributed by atoms with Crippen molar-refractivity contribution >= 4 is 45.0 Å². The second-order valence-electron chi connectivity index (χ2n) is 6.90. The van der Waals surface area contributed by atoms with Crippen molar-refractivity contribution in [2.24, 2.45) is 5.92 Å². The number of hydrogen-bond acceptors (Lipinski definition) is 3. The molecule has 1 fully saturated rings. The highest BCUT2D eigenvalue weighted by Gasteiger charge is 2.35. The summed E-state index contributed by atoms with van der Waals surface area (Å²) in [5, 5.41) is 2.86. The molecule has 2 aromatic carbocycles. The highest BCUT2D eigenvalue weighted by molar-refractivity contribution is 9.10. The van der Waals surface area contributed by atoms with E-state index in [1.54, 1.807) is 34.1 Å². The number of hydrogen-bond donors (Lipinski definition) is 1. The fourth-order valence-electron chi connectivity index (χ4n) is 3.45. The minimum atomic E-state index is -0.447. The summed E-state index contributed by atoms with van der Waals surface area (Å²) in [6.45, 7) is 5.44. The van der Waals surface area contributed by atoms with Gasteiger partial charge >= 0.3 is 0 Å². The number of halogens is 1. The lowest BCUT2D eigenvalue weighted by molar-refractivity contribution is -0.122. The molecular weight excluding hydrogens is 434 g/mol. The summed E-state index contributed by atoms with van der Waals surface area (Å²) in [4.78, 5) is 41.1. The monoisotopic (exact) mass is 457 g/mol. The van der Waals surface area contributed by atoms with E-state index in [0.717, 1.165) is 10.2 Å². The third-order valence-electron chi connectivity index (χ3n) is 5.07. The number of rotatable bonds is 6. The van der Waals surface area contributed by atoms with Crippen molar-refractivity contribution in [2.45, 2.75) is 20.3 Å². The van der Waals surface area contributed by atoms with Crippen LogP contribution in [0.15, 0.2) is 53.0 Å². The molecule has 152 valence electrons. The first-order valence-electron chi connectivity index (χ1n) is 9.69. The minimum absolute atomic E-state index is 0.0674. The Morgan fingerprint density at radius 2 is 1.86 bits per heavy atom. The van der Waals surface area contributed by atoms with Crippen molar-refractivity contribution in [3.05, 3.63) is 58.6 Å². The van der Waals surface area contributed by atoms with E-state index in [0.29, 0.717) is 30.9 Å².